The Morgan fingerprint density at radius 1 is 1.38 bits per heavy atom. The van der Waals surface area contributed by atoms with E-state index in [1.165, 1.54) is 0 Å². The Balaban J connectivity index is 2.03. The highest BCUT2D eigenvalue weighted by Gasteiger charge is 2.38. The average Bonchev–Trinajstić information content (AvgIpc) is 2.96. The second-order valence-corrected chi connectivity index (χ2v) is 8.61. The highest BCUT2D eigenvalue weighted by atomic mass is 32.2. The lowest BCUT2D eigenvalue weighted by Gasteiger charge is -2.32. The Bertz CT molecular complexity index is 471. The lowest BCUT2D eigenvalue weighted by atomic mass is 9.93. The van der Waals surface area contributed by atoms with Crippen molar-refractivity contribution in [3.8, 4) is 0 Å². The van der Waals surface area contributed by atoms with Crippen LogP contribution in [0.5, 0.6) is 0 Å². The van der Waals surface area contributed by atoms with Gasteiger partial charge in [0.2, 0.25) is 5.91 Å². The summed E-state index contributed by atoms with van der Waals surface area (Å²) in [6, 6.07) is -0.220. The van der Waals surface area contributed by atoms with E-state index in [2.05, 4.69) is 0 Å². The third kappa shape index (κ3) is 4.40. The molecule has 0 aromatic heterocycles. The van der Waals surface area contributed by atoms with Gasteiger partial charge >= 0.3 is 0 Å². The third-order valence-electron chi connectivity index (χ3n) is 4.61. The van der Waals surface area contributed by atoms with Crippen LogP contribution in [-0.4, -0.2) is 62.6 Å². The lowest BCUT2D eigenvalue weighted by molar-refractivity contribution is -0.135. The van der Waals surface area contributed by atoms with Crippen molar-refractivity contribution in [1.82, 2.24) is 4.90 Å². The molecule has 2 fully saturated rings. The normalized spacial score (nSPS) is 26.9. The molecule has 1 unspecified atom stereocenters. The van der Waals surface area contributed by atoms with Gasteiger partial charge in [-0.15, -0.1) is 0 Å². The fourth-order valence-electron chi connectivity index (χ4n) is 3.38. The van der Waals surface area contributed by atoms with Crippen molar-refractivity contribution in [2.24, 2.45) is 5.73 Å². The molecule has 1 atom stereocenters. The molecule has 0 aromatic carbocycles. The van der Waals surface area contributed by atoms with E-state index < -0.39 is 15.4 Å². The lowest BCUT2D eigenvalue weighted by Crippen LogP contribution is -2.48. The Labute approximate surface area is 126 Å². The van der Waals surface area contributed by atoms with Crippen LogP contribution in [0, 0.1) is 0 Å². The van der Waals surface area contributed by atoms with Crippen LogP contribution in [0.3, 0.4) is 0 Å². The first-order valence-corrected chi connectivity index (χ1v) is 9.45. The van der Waals surface area contributed by atoms with Crippen LogP contribution in [0.2, 0.25) is 0 Å². The Morgan fingerprint density at radius 2 is 2.05 bits per heavy atom. The van der Waals surface area contributed by atoms with Crippen LogP contribution in [0.25, 0.3) is 0 Å². The number of nitrogens with zero attached hydrogens (tertiary/aromatic N) is 1. The number of sulfone groups is 1. The van der Waals surface area contributed by atoms with Crippen LogP contribution in [0.4, 0.5) is 0 Å². The van der Waals surface area contributed by atoms with Crippen LogP contribution in [0.15, 0.2) is 0 Å². The van der Waals surface area contributed by atoms with E-state index in [4.69, 9.17) is 10.5 Å². The van der Waals surface area contributed by atoms with Crippen molar-refractivity contribution in [2.45, 2.75) is 50.1 Å². The number of hydrogen-bond donors (Lipinski definition) is 1. The van der Waals surface area contributed by atoms with Crippen molar-refractivity contribution < 1.29 is 17.9 Å². The van der Waals surface area contributed by atoms with Gasteiger partial charge < -0.3 is 15.4 Å². The van der Waals surface area contributed by atoms with Crippen LogP contribution in [-0.2, 0) is 19.4 Å². The number of amides is 1. The summed E-state index contributed by atoms with van der Waals surface area (Å²) < 4.78 is 28.4. The van der Waals surface area contributed by atoms with Crippen molar-refractivity contribution in [1.29, 1.82) is 0 Å². The molecule has 1 saturated heterocycles. The quantitative estimate of drug-likeness (QED) is 0.761. The third-order valence-corrected chi connectivity index (χ3v) is 6.36. The van der Waals surface area contributed by atoms with Crippen LogP contribution >= 0.6 is 0 Å². The maximum absolute atomic E-state index is 12.6. The van der Waals surface area contributed by atoms with Crippen molar-refractivity contribution in [3.05, 3.63) is 0 Å². The minimum atomic E-state index is -3.01. The average molecular weight is 318 g/mol. The summed E-state index contributed by atoms with van der Waals surface area (Å²) in [4.78, 5) is 14.3. The predicted octanol–water partition coefficient (Wildman–Crippen LogP) is 0.310. The summed E-state index contributed by atoms with van der Waals surface area (Å²) in [5.74, 6) is 0.209. The fraction of sp³-hybridized carbons (Fsp3) is 0.929. The molecule has 2 N–H and O–H groups in total. The number of ether oxygens (including phenoxy) is 1. The van der Waals surface area contributed by atoms with Crippen LogP contribution in [0.1, 0.15) is 38.5 Å². The standard InChI is InChI=1S/C14H26N2O4S/c1-20-8-7-16(12-4-9-21(18,19)11-12)13(17)10-14(15)5-2-3-6-14/h12H,2-11,15H2,1H3. The largest absolute Gasteiger partial charge is 0.383 e. The molecule has 1 aliphatic carbocycles. The molecular weight excluding hydrogens is 292 g/mol. The number of nitrogens with two attached hydrogens (primary N) is 1. The minimum absolute atomic E-state index is 0.0291. The van der Waals surface area contributed by atoms with Gasteiger partial charge in [0.25, 0.3) is 0 Å². The Morgan fingerprint density at radius 3 is 2.57 bits per heavy atom. The summed E-state index contributed by atoms with van der Waals surface area (Å²) in [6.45, 7) is 0.853. The predicted molar refractivity (Wildman–Crippen MR) is 80.7 cm³/mol. The molecule has 1 aliphatic heterocycles. The van der Waals surface area contributed by atoms with E-state index in [1.807, 2.05) is 0 Å². The molecule has 6 nitrogen and oxygen atoms in total. The highest BCUT2D eigenvalue weighted by Crippen LogP contribution is 2.31. The highest BCUT2D eigenvalue weighted by molar-refractivity contribution is 7.91. The van der Waals surface area contributed by atoms with Gasteiger partial charge in [-0.25, -0.2) is 8.42 Å². The first-order valence-electron chi connectivity index (χ1n) is 7.63. The molecule has 122 valence electrons. The number of hydrogen-bond acceptors (Lipinski definition) is 5. The molecule has 1 saturated carbocycles. The summed E-state index contributed by atoms with van der Waals surface area (Å²) in [6.07, 6.45) is 4.72. The van der Waals surface area contributed by atoms with Gasteiger partial charge in [0.15, 0.2) is 9.84 Å². The topological polar surface area (TPSA) is 89.7 Å². The van der Waals surface area contributed by atoms with Crippen molar-refractivity contribution >= 4 is 15.7 Å². The number of carbonyl (C=O) groups excluding carboxylic acids is 1. The molecule has 2 rings (SSSR count). The van der Waals surface area contributed by atoms with E-state index in [-0.39, 0.29) is 23.5 Å². The zero-order valence-corrected chi connectivity index (χ0v) is 13.5. The van der Waals surface area contributed by atoms with E-state index >= 15 is 0 Å². The summed E-state index contributed by atoms with van der Waals surface area (Å²) >= 11 is 0. The van der Waals surface area contributed by atoms with E-state index in [1.54, 1.807) is 12.0 Å². The zero-order chi connectivity index (χ0) is 15.5. The van der Waals surface area contributed by atoms with Gasteiger partial charge in [-0.2, -0.15) is 0 Å². The molecule has 2 aliphatic rings. The minimum Gasteiger partial charge on any atom is -0.383 e. The number of methoxy groups -OCH3 is 1. The smallest absolute Gasteiger partial charge is 0.224 e. The first kappa shape index (κ1) is 16.7. The van der Waals surface area contributed by atoms with Gasteiger partial charge in [0.05, 0.1) is 18.1 Å². The van der Waals surface area contributed by atoms with Gasteiger partial charge in [-0.3, -0.25) is 4.79 Å². The molecule has 0 radical (unpaired) electrons. The second-order valence-electron chi connectivity index (χ2n) is 6.38. The molecule has 0 bridgehead atoms. The maximum atomic E-state index is 12.6. The molecule has 0 spiro atoms. The molecule has 21 heavy (non-hydrogen) atoms. The second kappa shape index (κ2) is 6.62. The molecule has 1 heterocycles. The van der Waals surface area contributed by atoms with Gasteiger partial charge in [-0.05, 0) is 19.3 Å². The molecule has 0 aromatic rings. The molecular formula is C14H26N2O4S. The maximum Gasteiger partial charge on any atom is 0.224 e. The zero-order valence-electron chi connectivity index (χ0n) is 12.7. The molecule has 1 amide bonds. The van der Waals surface area contributed by atoms with Crippen LogP contribution < -0.4 is 5.73 Å². The summed E-state index contributed by atoms with van der Waals surface area (Å²) in [5, 5.41) is 0. The number of rotatable bonds is 6. The number of carbonyl (C=O) groups is 1. The van der Waals surface area contributed by atoms with Crippen molar-refractivity contribution in [2.75, 3.05) is 31.8 Å². The SMILES string of the molecule is COCCN(C(=O)CC1(N)CCCC1)C1CCS(=O)(=O)C1. The van der Waals surface area contributed by atoms with Gasteiger partial charge in [-0.1, -0.05) is 12.8 Å². The summed E-state index contributed by atoms with van der Waals surface area (Å²) in [7, 11) is -1.43. The van der Waals surface area contributed by atoms with E-state index in [0.717, 1.165) is 25.7 Å². The Hall–Kier alpha value is -0.660. The van der Waals surface area contributed by atoms with Gasteiger partial charge in [0.1, 0.15) is 0 Å². The van der Waals surface area contributed by atoms with Crippen molar-refractivity contribution in [3.63, 3.8) is 0 Å². The van der Waals surface area contributed by atoms with Gasteiger partial charge in [0, 0.05) is 31.7 Å². The monoisotopic (exact) mass is 318 g/mol. The Kier molecular flexibility index (Phi) is 5.27. The van der Waals surface area contributed by atoms with E-state index in [9.17, 15) is 13.2 Å². The first-order chi connectivity index (χ1) is 9.85. The summed E-state index contributed by atoms with van der Waals surface area (Å²) in [5.41, 5.74) is 5.88. The fourth-order valence-corrected chi connectivity index (χ4v) is 5.11. The van der Waals surface area contributed by atoms with E-state index in [0.29, 0.717) is 26.0 Å². The molecule has 7 heteroatoms.